The van der Waals surface area contributed by atoms with Crippen LogP contribution in [0.5, 0.6) is 0 Å². The number of amides is 2. The molecule has 0 heterocycles. The lowest BCUT2D eigenvalue weighted by Crippen LogP contribution is -2.32. The predicted molar refractivity (Wildman–Crippen MR) is 96.6 cm³/mol. The number of rotatable bonds is 5. The van der Waals surface area contributed by atoms with Crippen molar-refractivity contribution in [2.24, 2.45) is 0 Å². The molecule has 2 amide bonds. The van der Waals surface area contributed by atoms with Crippen LogP contribution in [0, 0.1) is 12.7 Å². The van der Waals surface area contributed by atoms with Crippen molar-refractivity contribution in [3.05, 3.63) is 58.3 Å². The summed E-state index contributed by atoms with van der Waals surface area (Å²) < 4.78 is 13.7. The zero-order valence-corrected chi connectivity index (χ0v) is 15.1. The van der Waals surface area contributed by atoms with Crippen LogP contribution in [0.15, 0.2) is 46.9 Å². The molecule has 126 valence electrons. The molecule has 0 saturated heterocycles. The molecule has 0 bridgehead atoms. The van der Waals surface area contributed by atoms with Crippen LogP contribution in [0.4, 0.5) is 15.8 Å². The number of aryl methyl sites for hydroxylation is 1. The molecule has 0 unspecified atom stereocenters. The summed E-state index contributed by atoms with van der Waals surface area (Å²) in [5.41, 5.74) is 2.32. The fourth-order valence-corrected chi connectivity index (χ4v) is 2.96. The highest BCUT2D eigenvalue weighted by molar-refractivity contribution is 9.10. The zero-order valence-electron chi connectivity index (χ0n) is 13.5. The topological polar surface area (TPSA) is 49.4 Å². The van der Waals surface area contributed by atoms with Gasteiger partial charge >= 0.3 is 0 Å². The lowest BCUT2D eigenvalue weighted by Gasteiger charge is -2.22. The molecule has 0 aromatic heterocycles. The molecule has 1 N–H and O–H groups in total. The van der Waals surface area contributed by atoms with Crippen molar-refractivity contribution in [3.8, 4) is 0 Å². The molecule has 4 nitrogen and oxygen atoms in total. The molecule has 2 aromatic carbocycles. The molecule has 2 aromatic rings. The fourth-order valence-electron chi connectivity index (χ4n) is 2.25. The first-order chi connectivity index (χ1) is 11.4. The van der Waals surface area contributed by atoms with Gasteiger partial charge in [-0.3, -0.25) is 9.59 Å². The second-order valence-corrected chi connectivity index (χ2v) is 6.28. The van der Waals surface area contributed by atoms with Gasteiger partial charge in [-0.25, -0.2) is 4.39 Å². The Morgan fingerprint density at radius 3 is 2.42 bits per heavy atom. The number of nitrogens with zero attached hydrogens (tertiary/aromatic N) is 1. The quantitative estimate of drug-likeness (QED) is 0.825. The van der Waals surface area contributed by atoms with E-state index in [1.54, 1.807) is 4.90 Å². The second kappa shape index (κ2) is 8.06. The average Bonchev–Trinajstić information content (AvgIpc) is 2.51. The van der Waals surface area contributed by atoms with Crippen molar-refractivity contribution in [3.63, 3.8) is 0 Å². The monoisotopic (exact) mass is 392 g/mol. The van der Waals surface area contributed by atoms with Crippen molar-refractivity contribution < 1.29 is 14.0 Å². The zero-order chi connectivity index (χ0) is 17.7. The van der Waals surface area contributed by atoms with E-state index in [1.807, 2.05) is 25.1 Å². The highest BCUT2D eigenvalue weighted by atomic mass is 79.9. The Morgan fingerprint density at radius 1 is 1.17 bits per heavy atom. The van der Waals surface area contributed by atoms with Gasteiger partial charge < -0.3 is 10.2 Å². The van der Waals surface area contributed by atoms with Crippen LogP contribution in [-0.4, -0.2) is 18.4 Å². The van der Waals surface area contributed by atoms with Crippen molar-refractivity contribution in [1.82, 2.24) is 0 Å². The first-order valence-electron chi connectivity index (χ1n) is 7.46. The Labute approximate surface area is 148 Å². The molecule has 0 aliphatic heterocycles. The van der Waals surface area contributed by atoms with Gasteiger partial charge in [0, 0.05) is 30.0 Å². The Morgan fingerprint density at radius 2 is 1.83 bits per heavy atom. The van der Waals surface area contributed by atoms with Gasteiger partial charge in [-0.1, -0.05) is 6.07 Å². The van der Waals surface area contributed by atoms with E-state index in [0.29, 0.717) is 5.69 Å². The van der Waals surface area contributed by atoms with Crippen molar-refractivity contribution in [2.45, 2.75) is 20.3 Å². The summed E-state index contributed by atoms with van der Waals surface area (Å²) >= 11 is 3.45. The summed E-state index contributed by atoms with van der Waals surface area (Å²) in [6, 6.07) is 11.2. The smallest absolute Gasteiger partial charge is 0.226 e. The summed E-state index contributed by atoms with van der Waals surface area (Å²) in [6.07, 6.45) is 0.136. The molecular formula is C18H18BrFN2O2. The average molecular weight is 393 g/mol. The molecular weight excluding hydrogens is 375 g/mol. The minimum absolute atomic E-state index is 0.136. The Kier molecular flexibility index (Phi) is 6.09. The van der Waals surface area contributed by atoms with Gasteiger partial charge in [-0.2, -0.15) is 0 Å². The van der Waals surface area contributed by atoms with Crippen molar-refractivity contribution in [1.29, 1.82) is 0 Å². The summed E-state index contributed by atoms with van der Waals surface area (Å²) in [6.45, 7) is 3.68. The highest BCUT2D eigenvalue weighted by Gasteiger charge is 2.16. The van der Waals surface area contributed by atoms with Crippen molar-refractivity contribution >= 4 is 39.1 Å². The predicted octanol–water partition coefficient (Wildman–Crippen LogP) is 4.28. The maximum atomic E-state index is 12.9. The van der Waals surface area contributed by atoms with Crippen LogP contribution in [-0.2, 0) is 9.59 Å². The highest BCUT2D eigenvalue weighted by Crippen LogP contribution is 2.27. The van der Waals surface area contributed by atoms with E-state index in [-0.39, 0.29) is 30.6 Å². The van der Waals surface area contributed by atoms with E-state index in [1.165, 1.54) is 31.2 Å². The van der Waals surface area contributed by atoms with Gasteiger partial charge in [0.1, 0.15) is 5.82 Å². The lowest BCUT2D eigenvalue weighted by molar-refractivity contribution is -0.117. The summed E-state index contributed by atoms with van der Waals surface area (Å²) in [5, 5.41) is 2.68. The van der Waals surface area contributed by atoms with Crippen LogP contribution in [0.1, 0.15) is 18.9 Å². The lowest BCUT2D eigenvalue weighted by atomic mass is 10.2. The third-order valence-electron chi connectivity index (χ3n) is 3.46. The summed E-state index contributed by atoms with van der Waals surface area (Å²) in [5.74, 6) is -0.745. The second-order valence-electron chi connectivity index (χ2n) is 5.43. The standard InChI is InChI=1S/C18H18BrFN2O2/c1-12-3-8-17(16(19)11-12)22(13(2)23)10-9-18(24)21-15-6-4-14(20)5-7-15/h3-8,11H,9-10H2,1-2H3,(H,21,24). The van der Waals surface area contributed by atoms with E-state index in [2.05, 4.69) is 21.2 Å². The van der Waals surface area contributed by atoms with Gasteiger partial charge in [-0.15, -0.1) is 0 Å². The number of benzene rings is 2. The third kappa shape index (κ3) is 4.89. The Bertz CT molecular complexity index is 747. The minimum atomic E-state index is -0.361. The molecule has 0 saturated carbocycles. The third-order valence-corrected chi connectivity index (χ3v) is 4.10. The first kappa shape index (κ1) is 18.1. The molecule has 0 atom stereocenters. The SMILES string of the molecule is CC(=O)N(CCC(=O)Nc1ccc(F)cc1)c1ccc(C)cc1Br. The van der Waals surface area contributed by atoms with E-state index < -0.39 is 0 Å². The number of hydrogen-bond donors (Lipinski definition) is 1. The Hall–Kier alpha value is -2.21. The molecule has 0 aliphatic carbocycles. The van der Waals surface area contributed by atoms with E-state index >= 15 is 0 Å². The molecule has 0 aliphatic rings. The van der Waals surface area contributed by atoms with Crippen LogP contribution < -0.4 is 10.2 Å². The number of nitrogens with one attached hydrogen (secondary N) is 1. The van der Waals surface area contributed by atoms with Crippen LogP contribution in [0.3, 0.4) is 0 Å². The van der Waals surface area contributed by atoms with Crippen LogP contribution >= 0.6 is 15.9 Å². The van der Waals surface area contributed by atoms with Crippen LogP contribution in [0.2, 0.25) is 0 Å². The van der Waals surface area contributed by atoms with E-state index in [4.69, 9.17) is 0 Å². The molecule has 0 spiro atoms. The summed E-state index contributed by atoms with van der Waals surface area (Å²) in [7, 11) is 0. The van der Waals surface area contributed by atoms with E-state index in [0.717, 1.165) is 15.7 Å². The number of halogens is 2. The van der Waals surface area contributed by atoms with E-state index in [9.17, 15) is 14.0 Å². The van der Waals surface area contributed by atoms with Gasteiger partial charge in [0.25, 0.3) is 0 Å². The first-order valence-corrected chi connectivity index (χ1v) is 8.26. The maximum absolute atomic E-state index is 12.9. The number of anilines is 2. The van der Waals surface area contributed by atoms with Gasteiger partial charge in [0.05, 0.1) is 5.69 Å². The van der Waals surface area contributed by atoms with Gasteiger partial charge in [-0.05, 0) is 64.8 Å². The molecule has 2 rings (SSSR count). The fraction of sp³-hybridized carbons (Fsp3) is 0.222. The number of hydrogen-bond acceptors (Lipinski definition) is 2. The molecule has 24 heavy (non-hydrogen) atoms. The number of carbonyl (C=O) groups excluding carboxylic acids is 2. The largest absolute Gasteiger partial charge is 0.326 e. The molecule has 0 radical (unpaired) electrons. The normalized spacial score (nSPS) is 10.3. The van der Waals surface area contributed by atoms with Gasteiger partial charge in [0.2, 0.25) is 11.8 Å². The van der Waals surface area contributed by atoms with Gasteiger partial charge in [0.15, 0.2) is 0 Å². The summed E-state index contributed by atoms with van der Waals surface area (Å²) in [4.78, 5) is 25.5. The van der Waals surface area contributed by atoms with Crippen LogP contribution in [0.25, 0.3) is 0 Å². The maximum Gasteiger partial charge on any atom is 0.226 e. The van der Waals surface area contributed by atoms with Crippen molar-refractivity contribution in [2.75, 3.05) is 16.8 Å². The molecule has 6 heteroatoms. The molecule has 0 fully saturated rings. The minimum Gasteiger partial charge on any atom is -0.326 e. The number of carbonyl (C=O) groups is 2. The Balaban J connectivity index is 2.02.